The van der Waals surface area contributed by atoms with E-state index in [0.29, 0.717) is 5.92 Å². The molecule has 0 aromatic heterocycles. The molecule has 0 heterocycles. The zero-order valence-electron chi connectivity index (χ0n) is 13.7. The van der Waals surface area contributed by atoms with E-state index in [-0.39, 0.29) is 0 Å². The Morgan fingerprint density at radius 2 is 1.76 bits per heavy atom. The maximum Gasteiger partial charge on any atom is -0.0146 e. The van der Waals surface area contributed by atoms with E-state index in [9.17, 15) is 0 Å². The van der Waals surface area contributed by atoms with Crippen molar-refractivity contribution in [3.63, 3.8) is 0 Å². The van der Waals surface area contributed by atoms with Crippen LogP contribution in [0.4, 0.5) is 0 Å². The van der Waals surface area contributed by atoms with Crippen molar-refractivity contribution in [2.24, 2.45) is 0 Å². The van der Waals surface area contributed by atoms with Gasteiger partial charge in [0, 0.05) is 0 Å². The predicted molar refractivity (Wildman–Crippen MR) is 95.0 cm³/mol. The molecule has 0 amide bonds. The molecule has 0 aliphatic carbocycles. The fraction of sp³-hybridized carbons (Fsp3) is 0.429. The zero-order valence-corrected chi connectivity index (χ0v) is 13.7. The van der Waals surface area contributed by atoms with Crippen molar-refractivity contribution in [1.29, 1.82) is 0 Å². The average molecular weight is 280 g/mol. The Balaban J connectivity index is 2.38. The van der Waals surface area contributed by atoms with Crippen molar-refractivity contribution >= 4 is 10.8 Å². The summed E-state index contributed by atoms with van der Waals surface area (Å²) in [6.45, 7) is 6.81. The van der Waals surface area contributed by atoms with Crippen LogP contribution in [0.2, 0.25) is 0 Å². The number of fused-ring (bicyclic) bond motifs is 1. The summed E-state index contributed by atoms with van der Waals surface area (Å²) in [5.74, 6) is 0.674. The molecule has 2 rings (SSSR count). The predicted octanol–water partition coefficient (Wildman–Crippen LogP) is 6.64. The molecule has 0 aliphatic rings. The zero-order chi connectivity index (χ0) is 15.1. The Labute approximate surface area is 129 Å². The lowest BCUT2D eigenvalue weighted by atomic mass is 9.84. The second kappa shape index (κ2) is 8.02. The van der Waals surface area contributed by atoms with Crippen LogP contribution in [0.25, 0.3) is 10.8 Å². The quantitative estimate of drug-likeness (QED) is 0.498. The first-order valence-corrected chi connectivity index (χ1v) is 8.47. The van der Waals surface area contributed by atoms with Crippen LogP contribution in [0.5, 0.6) is 0 Å². The van der Waals surface area contributed by atoms with Gasteiger partial charge in [-0.2, -0.15) is 0 Å². The number of benzene rings is 2. The van der Waals surface area contributed by atoms with Crippen molar-refractivity contribution < 1.29 is 0 Å². The van der Waals surface area contributed by atoms with Gasteiger partial charge in [0.15, 0.2) is 0 Å². The molecule has 0 bridgehead atoms. The van der Waals surface area contributed by atoms with Crippen LogP contribution in [-0.4, -0.2) is 0 Å². The Morgan fingerprint density at radius 1 is 0.952 bits per heavy atom. The summed E-state index contributed by atoms with van der Waals surface area (Å²) in [7, 11) is 0. The molecule has 0 fully saturated rings. The molecule has 0 saturated heterocycles. The van der Waals surface area contributed by atoms with Crippen LogP contribution < -0.4 is 0 Å². The molecule has 1 atom stereocenters. The molecule has 0 nitrogen and oxygen atoms in total. The lowest BCUT2D eigenvalue weighted by Crippen LogP contribution is -2.03. The molecule has 0 spiro atoms. The highest BCUT2D eigenvalue weighted by Crippen LogP contribution is 2.34. The van der Waals surface area contributed by atoms with Gasteiger partial charge in [0.2, 0.25) is 0 Å². The summed E-state index contributed by atoms with van der Waals surface area (Å²) < 4.78 is 0. The van der Waals surface area contributed by atoms with Gasteiger partial charge in [-0.05, 0) is 59.9 Å². The number of hydrogen-bond acceptors (Lipinski definition) is 0. The standard InChI is InChI=1S/C21H28/c1-4-7-8-9-12-17(5-2)21-18(6-3)15-16-19-13-10-11-14-20(19)21/h7-8,10-11,13-17H,4-6,9,12H2,1-3H3/b8-7+. The normalized spacial score (nSPS) is 13.1. The van der Waals surface area contributed by atoms with E-state index in [1.54, 1.807) is 5.56 Å². The van der Waals surface area contributed by atoms with E-state index in [4.69, 9.17) is 0 Å². The van der Waals surface area contributed by atoms with Gasteiger partial charge in [0.05, 0.1) is 0 Å². The topological polar surface area (TPSA) is 0 Å². The molecule has 2 aromatic carbocycles. The second-order valence-corrected chi connectivity index (χ2v) is 5.78. The minimum Gasteiger partial charge on any atom is -0.0888 e. The highest BCUT2D eigenvalue weighted by molar-refractivity contribution is 5.87. The fourth-order valence-electron chi connectivity index (χ4n) is 3.27. The fourth-order valence-corrected chi connectivity index (χ4v) is 3.27. The molecule has 112 valence electrons. The average Bonchev–Trinajstić information content (AvgIpc) is 2.54. The van der Waals surface area contributed by atoms with Crippen LogP contribution in [-0.2, 0) is 6.42 Å². The first kappa shape index (κ1) is 15.8. The maximum atomic E-state index is 2.35. The monoisotopic (exact) mass is 280 g/mol. The SMILES string of the molecule is CC/C=C/CCC(CC)c1c(CC)ccc2ccccc12. The Hall–Kier alpha value is -1.56. The number of aryl methyl sites for hydroxylation is 1. The number of allylic oxidation sites excluding steroid dienone is 2. The van der Waals surface area contributed by atoms with Gasteiger partial charge < -0.3 is 0 Å². The lowest BCUT2D eigenvalue weighted by molar-refractivity contribution is 0.611. The molecule has 0 heteroatoms. The van der Waals surface area contributed by atoms with Crippen molar-refractivity contribution in [3.8, 4) is 0 Å². The maximum absolute atomic E-state index is 2.35. The minimum absolute atomic E-state index is 0.674. The van der Waals surface area contributed by atoms with Crippen molar-refractivity contribution in [2.75, 3.05) is 0 Å². The van der Waals surface area contributed by atoms with Crippen LogP contribution in [0, 0.1) is 0 Å². The molecular weight excluding hydrogens is 252 g/mol. The van der Waals surface area contributed by atoms with Crippen LogP contribution >= 0.6 is 0 Å². The molecule has 0 aliphatic heterocycles. The summed E-state index contributed by atoms with van der Waals surface area (Å²) in [5, 5.41) is 2.84. The number of hydrogen-bond donors (Lipinski definition) is 0. The van der Waals surface area contributed by atoms with Crippen LogP contribution in [0.3, 0.4) is 0 Å². The third-order valence-corrected chi connectivity index (χ3v) is 4.43. The van der Waals surface area contributed by atoms with Gasteiger partial charge in [-0.25, -0.2) is 0 Å². The first-order valence-electron chi connectivity index (χ1n) is 8.47. The van der Waals surface area contributed by atoms with Gasteiger partial charge >= 0.3 is 0 Å². The van der Waals surface area contributed by atoms with Crippen molar-refractivity contribution in [1.82, 2.24) is 0 Å². The first-order chi connectivity index (χ1) is 10.3. The molecule has 0 saturated carbocycles. The lowest BCUT2D eigenvalue weighted by Gasteiger charge is -2.21. The summed E-state index contributed by atoms with van der Waals surface area (Å²) >= 11 is 0. The van der Waals surface area contributed by atoms with E-state index in [0.717, 1.165) is 12.8 Å². The molecule has 0 radical (unpaired) electrons. The van der Waals surface area contributed by atoms with E-state index in [1.165, 1.54) is 35.6 Å². The smallest absolute Gasteiger partial charge is 0.0146 e. The third kappa shape index (κ3) is 3.75. The number of rotatable bonds is 7. The van der Waals surface area contributed by atoms with Crippen LogP contribution in [0.1, 0.15) is 63.5 Å². The van der Waals surface area contributed by atoms with Crippen LogP contribution in [0.15, 0.2) is 48.6 Å². The Bertz CT molecular complexity index is 592. The van der Waals surface area contributed by atoms with E-state index >= 15 is 0 Å². The van der Waals surface area contributed by atoms with Gasteiger partial charge in [0.25, 0.3) is 0 Å². The molecular formula is C21H28. The van der Waals surface area contributed by atoms with Gasteiger partial charge in [-0.15, -0.1) is 0 Å². The minimum atomic E-state index is 0.674. The largest absolute Gasteiger partial charge is 0.0888 e. The highest BCUT2D eigenvalue weighted by Gasteiger charge is 2.15. The van der Waals surface area contributed by atoms with Crippen molar-refractivity contribution in [2.45, 2.75) is 58.8 Å². The summed E-state index contributed by atoms with van der Waals surface area (Å²) in [4.78, 5) is 0. The summed E-state index contributed by atoms with van der Waals surface area (Å²) in [5.41, 5.74) is 3.13. The molecule has 0 N–H and O–H groups in total. The summed E-state index contributed by atoms with van der Waals surface area (Å²) in [6.07, 6.45) is 10.6. The summed E-state index contributed by atoms with van der Waals surface area (Å²) in [6, 6.07) is 13.5. The van der Waals surface area contributed by atoms with Gasteiger partial charge in [0.1, 0.15) is 0 Å². The molecule has 1 unspecified atom stereocenters. The Morgan fingerprint density at radius 3 is 2.48 bits per heavy atom. The molecule has 21 heavy (non-hydrogen) atoms. The second-order valence-electron chi connectivity index (χ2n) is 5.78. The van der Waals surface area contributed by atoms with E-state index in [2.05, 4.69) is 69.3 Å². The van der Waals surface area contributed by atoms with E-state index in [1.807, 2.05) is 0 Å². The van der Waals surface area contributed by atoms with E-state index < -0.39 is 0 Å². The van der Waals surface area contributed by atoms with Crippen molar-refractivity contribution in [3.05, 3.63) is 59.7 Å². The molecule has 2 aromatic rings. The van der Waals surface area contributed by atoms with Gasteiger partial charge in [-0.1, -0.05) is 69.3 Å². The highest BCUT2D eigenvalue weighted by atomic mass is 14.2. The third-order valence-electron chi connectivity index (χ3n) is 4.43. The Kier molecular flexibility index (Phi) is 6.04. The van der Waals surface area contributed by atoms with Gasteiger partial charge in [-0.3, -0.25) is 0 Å².